The molecule has 4 rings (SSSR count). The largest absolute Gasteiger partial charge is 0.496 e. The number of furan rings is 1. The third-order valence-corrected chi connectivity index (χ3v) is 6.92. The van der Waals surface area contributed by atoms with Crippen LogP contribution in [0.5, 0.6) is 5.75 Å². The van der Waals surface area contributed by atoms with Gasteiger partial charge in [-0.1, -0.05) is 18.2 Å². The molecule has 0 amide bonds. The van der Waals surface area contributed by atoms with Crippen molar-refractivity contribution in [2.75, 3.05) is 39.9 Å². The molecule has 2 aromatic rings. The Hall–Kier alpha value is -2.11. The SMILES string of the molecule is COc1ccccc1C(CCN=CC1(CN2CCCC2)CCOC(C)(C)C1)c1ccco1. The minimum atomic E-state index is -0.0991. The highest BCUT2D eigenvalue weighted by molar-refractivity contribution is 5.66. The lowest BCUT2D eigenvalue weighted by atomic mass is 9.74. The lowest BCUT2D eigenvalue weighted by Gasteiger charge is -2.44. The van der Waals surface area contributed by atoms with Crippen molar-refractivity contribution in [3.63, 3.8) is 0 Å². The van der Waals surface area contributed by atoms with E-state index in [4.69, 9.17) is 18.9 Å². The number of hydrogen-bond donors (Lipinski definition) is 0. The molecule has 2 unspecified atom stereocenters. The van der Waals surface area contributed by atoms with Crippen LogP contribution >= 0.6 is 0 Å². The summed E-state index contributed by atoms with van der Waals surface area (Å²) in [5.41, 5.74) is 1.15. The van der Waals surface area contributed by atoms with Crippen LogP contribution in [-0.4, -0.2) is 56.6 Å². The van der Waals surface area contributed by atoms with E-state index in [1.54, 1.807) is 13.4 Å². The Morgan fingerprint density at radius 2 is 1.97 bits per heavy atom. The van der Waals surface area contributed by atoms with Crippen molar-refractivity contribution >= 4 is 6.21 Å². The molecular weight excluding hydrogens is 400 g/mol. The molecule has 32 heavy (non-hydrogen) atoms. The molecule has 2 atom stereocenters. The minimum Gasteiger partial charge on any atom is -0.496 e. The van der Waals surface area contributed by atoms with E-state index in [2.05, 4.69) is 43.2 Å². The van der Waals surface area contributed by atoms with Gasteiger partial charge in [-0.15, -0.1) is 0 Å². The summed E-state index contributed by atoms with van der Waals surface area (Å²) in [4.78, 5) is 7.63. The van der Waals surface area contributed by atoms with E-state index in [0.29, 0.717) is 0 Å². The molecule has 1 aromatic heterocycles. The molecule has 3 heterocycles. The van der Waals surface area contributed by atoms with E-state index in [9.17, 15) is 0 Å². The number of likely N-dealkylation sites (tertiary alicyclic amines) is 1. The highest BCUT2D eigenvalue weighted by Gasteiger charge is 2.41. The third kappa shape index (κ3) is 5.62. The number of nitrogens with zero attached hydrogens (tertiary/aromatic N) is 2. The van der Waals surface area contributed by atoms with E-state index >= 15 is 0 Å². The summed E-state index contributed by atoms with van der Waals surface area (Å²) in [5.74, 6) is 1.98. The van der Waals surface area contributed by atoms with Crippen LogP contribution in [0.25, 0.3) is 0 Å². The maximum Gasteiger partial charge on any atom is 0.122 e. The van der Waals surface area contributed by atoms with Crippen LogP contribution in [-0.2, 0) is 4.74 Å². The fourth-order valence-electron chi connectivity index (χ4n) is 5.55. The molecule has 1 aromatic carbocycles. The van der Waals surface area contributed by atoms with Crippen LogP contribution in [0.15, 0.2) is 52.1 Å². The highest BCUT2D eigenvalue weighted by Crippen LogP contribution is 2.39. The number of ether oxygens (including phenoxy) is 2. The molecular formula is C27H38N2O3. The van der Waals surface area contributed by atoms with Crippen LogP contribution in [0.1, 0.15) is 63.2 Å². The first kappa shape index (κ1) is 23.1. The maximum atomic E-state index is 6.06. The van der Waals surface area contributed by atoms with Gasteiger partial charge in [-0.3, -0.25) is 4.99 Å². The van der Waals surface area contributed by atoms with Gasteiger partial charge in [0.05, 0.1) is 19.0 Å². The second kappa shape index (κ2) is 10.2. The van der Waals surface area contributed by atoms with Crippen molar-refractivity contribution in [2.45, 2.75) is 57.5 Å². The van der Waals surface area contributed by atoms with Gasteiger partial charge in [0, 0.05) is 42.8 Å². The average Bonchev–Trinajstić information content (AvgIpc) is 3.48. The average molecular weight is 439 g/mol. The first-order valence-corrected chi connectivity index (χ1v) is 12.0. The number of methoxy groups -OCH3 is 1. The molecule has 0 aliphatic carbocycles. The molecule has 5 nitrogen and oxygen atoms in total. The van der Waals surface area contributed by atoms with Gasteiger partial charge in [0.25, 0.3) is 0 Å². The van der Waals surface area contributed by atoms with Gasteiger partial charge in [0.1, 0.15) is 11.5 Å². The summed E-state index contributed by atoms with van der Waals surface area (Å²) in [6.07, 6.45) is 9.60. The Balaban J connectivity index is 1.49. The first-order valence-electron chi connectivity index (χ1n) is 12.0. The summed E-state index contributed by atoms with van der Waals surface area (Å²) in [7, 11) is 1.73. The standard InChI is InChI=1S/C27H38N2O3/c1-26(2)19-27(13-18-32-26,21-29-15-6-7-16-29)20-28-14-12-23(25-11-8-17-31-25)22-9-4-5-10-24(22)30-3/h4-5,8-11,17,20,23H,6-7,12-16,18-19,21H2,1-3H3. The Morgan fingerprint density at radius 3 is 2.69 bits per heavy atom. The van der Waals surface area contributed by atoms with Crippen molar-refractivity contribution in [1.29, 1.82) is 0 Å². The molecule has 0 spiro atoms. The summed E-state index contributed by atoms with van der Waals surface area (Å²) >= 11 is 0. The van der Waals surface area contributed by atoms with Crippen molar-refractivity contribution < 1.29 is 13.9 Å². The van der Waals surface area contributed by atoms with Crippen molar-refractivity contribution in [2.24, 2.45) is 10.4 Å². The van der Waals surface area contributed by atoms with E-state index in [1.165, 1.54) is 25.9 Å². The quantitative estimate of drug-likeness (QED) is 0.482. The second-order valence-electron chi connectivity index (χ2n) is 10.0. The van der Waals surface area contributed by atoms with Crippen LogP contribution in [0, 0.1) is 5.41 Å². The number of rotatable bonds is 9. The fourth-order valence-corrected chi connectivity index (χ4v) is 5.55. The Labute approximate surface area is 192 Å². The normalized spacial score (nSPS) is 24.7. The topological polar surface area (TPSA) is 47.2 Å². The van der Waals surface area contributed by atoms with Gasteiger partial charge in [-0.25, -0.2) is 0 Å². The van der Waals surface area contributed by atoms with Crippen molar-refractivity contribution in [3.05, 3.63) is 54.0 Å². The van der Waals surface area contributed by atoms with Gasteiger partial charge in [-0.05, 0) is 77.2 Å². The van der Waals surface area contributed by atoms with Crippen LogP contribution in [0.2, 0.25) is 0 Å². The fraction of sp³-hybridized carbons (Fsp3) is 0.593. The predicted octanol–water partition coefficient (Wildman–Crippen LogP) is 5.55. The van der Waals surface area contributed by atoms with Gasteiger partial charge >= 0.3 is 0 Å². The molecule has 0 saturated carbocycles. The summed E-state index contributed by atoms with van der Waals surface area (Å²) in [6, 6.07) is 12.2. The summed E-state index contributed by atoms with van der Waals surface area (Å²) in [5, 5.41) is 0. The lowest BCUT2D eigenvalue weighted by molar-refractivity contribution is -0.0897. The Bertz CT molecular complexity index is 871. The van der Waals surface area contributed by atoms with Gasteiger partial charge in [-0.2, -0.15) is 0 Å². The minimum absolute atomic E-state index is 0.0940. The van der Waals surface area contributed by atoms with E-state index in [1.807, 2.05) is 18.2 Å². The van der Waals surface area contributed by atoms with E-state index in [0.717, 1.165) is 56.0 Å². The smallest absolute Gasteiger partial charge is 0.122 e. The number of hydrogen-bond acceptors (Lipinski definition) is 5. The Kier molecular flexibility index (Phi) is 7.37. The molecule has 0 N–H and O–H groups in total. The van der Waals surface area contributed by atoms with Gasteiger partial charge in [0.2, 0.25) is 0 Å². The zero-order chi connectivity index (χ0) is 22.4. The first-order chi connectivity index (χ1) is 15.5. The van der Waals surface area contributed by atoms with Crippen LogP contribution in [0.3, 0.4) is 0 Å². The van der Waals surface area contributed by atoms with Gasteiger partial charge in [0.15, 0.2) is 0 Å². The number of para-hydroxylation sites is 1. The second-order valence-corrected chi connectivity index (χ2v) is 10.0. The number of aliphatic imine (C=N–C) groups is 1. The monoisotopic (exact) mass is 438 g/mol. The summed E-state index contributed by atoms with van der Waals surface area (Å²) in [6.45, 7) is 9.52. The molecule has 0 bridgehead atoms. The number of benzene rings is 1. The molecule has 174 valence electrons. The van der Waals surface area contributed by atoms with Crippen molar-refractivity contribution in [3.8, 4) is 5.75 Å². The van der Waals surface area contributed by atoms with Crippen LogP contribution in [0.4, 0.5) is 0 Å². The van der Waals surface area contributed by atoms with Crippen molar-refractivity contribution in [1.82, 2.24) is 4.90 Å². The lowest BCUT2D eigenvalue weighted by Crippen LogP contribution is -2.48. The molecule has 5 heteroatoms. The molecule has 2 aliphatic heterocycles. The third-order valence-electron chi connectivity index (χ3n) is 6.92. The molecule has 0 radical (unpaired) electrons. The predicted molar refractivity (Wildman–Crippen MR) is 129 cm³/mol. The Morgan fingerprint density at radius 1 is 1.16 bits per heavy atom. The van der Waals surface area contributed by atoms with E-state index < -0.39 is 0 Å². The summed E-state index contributed by atoms with van der Waals surface area (Å²) < 4.78 is 17.5. The highest BCUT2D eigenvalue weighted by atomic mass is 16.5. The molecule has 2 saturated heterocycles. The van der Waals surface area contributed by atoms with Gasteiger partial charge < -0.3 is 18.8 Å². The maximum absolute atomic E-state index is 6.06. The zero-order valence-electron chi connectivity index (χ0n) is 19.9. The molecule has 2 aliphatic rings. The van der Waals surface area contributed by atoms with E-state index in [-0.39, 0.29) is 16.9 Å². The zero-order valence-corrected chi connectivity index (χ0v) is 19.9. The molecule has 2 fully saturated rings. The van der Waals surface area contributed by atoms with Crippen LogP contribution < -0.4 is 4.74 Å².